The second-order valence-electron chi connectivity index (χ2n) is 6.45. The lowest BCUT2D eigenvalue weighted by atomic mass is 10.0. The summed E-state index contributed by atoms with van der Waals surface area (Å²) in [6.07, 6.45) is -0.564. The van der Waals surface area contributed by atoms with E-state index in [0.29, 0.717) is 6.61 Å². The molecule has 0 aromatic heterocycles. The van der Waals surface area contributed by atoms with E-state index < -0.39 is 14.2 Å². The Morgan fingerprint density at radius 2 is 1.52 bits per heavy atom. The SMILES string of the molecule is C[C@H](O)[C@@H]1COC(=O)[C@@H]1[Si](C)(c1ccccc1)c1ccccc1. The maximum atomic E-state index is 12.6. The van der Waals surface area contributed by atoms with E-state index in [1.165, 1.54) is 10.4 Å². The molecule has 120 valence electrons. The zero-order valence-corrected chi connectivity index (χ0v) is 14.5. The molecule has 2 aromatic carbocycles. The zero-order valence-electron chi connectivity index (χ0n) is 13.5. The molecule has 3 nitrogen and oxygen atoms in total. The number of esters is 1. The molecule has 23 heavy (non-hydrogen) atoms. The normalized spacial score (nSPS) is 22.7. The summed E-state index contributed by atoms with van der Waals surface area (Å²) in [6.45, 7) is 4.28. The Morgan fingerprint density at radius 3 is 1.96 bits per heavy atom. The first-order valence-corrected chi connectivity index (χ1v) is 10.6. The Bertz CT molecular complexity index is 630. The van der Waals surface area contributed by atoms with E-state index in [0.717, 1.165) is 0 Å². The van der Waals surface area contributed by atoms with E-state index in [1.807, 2.05) is 36.4 Å². The Labute approximate surface area is 137 Å². The number of cyclic esters (lactones) is 1. The predicted octanol–water partition coefficient (Wildman–Crippen LogP) is 1.80. The van der Waals surface area contributed by atoms with Crippen molar-refractivity contribution in [2.24, 2.45) is 5.92 Å². The van der Waals surface area contributed by atoms with E-state index >= 15 is 0 Å². The van der Waals surface area contributed by atoms with Crippen LogP contribution in [0.5, 0.6) is 0 Å². The summed E-state index contributed by atoms with van der Waals surface area (Å²) >= 11 is 0. The van der Waals surface area contributed by atoms with Crippen molar-refractivity contribution in [2.75, 3.05) is 6.61 Å². The third-order valence-corrected chi connectivity index (χ3v) is 10.1. The number of ether oxygens (including phenoxy) is 1. The topological polar surface area (TPSA) is 46.5 Å². The Morgan fingerprint density at radius 1 is 1.04 bits per heavy atom. The number of rotatable bonds is 4. The molecule has 1 fully saturated rings. The van der Waals surface area contributed by atoms with Gasteiger partial charge in [-0.05, 0) is 6.92 Å². The molecule has 1 aliphatic rings. The molecule has 0 bridgehead atoms. The minimum atomic E-state index is -2.39. The van der Waals surface area contributed by atoms with Crippen LogP contribution in [0.4, 0.5) is 0 Å². The first-order valence-electron chi connectivity index (χ1n) is 8.01. The fraction of sp³-hybridized carbons (Fsp3) is 0.316. The van der Waals surface area contributed by atoms with E-state index in [-0.39, 0.29) is 17.4 Å². The van der Waals surface area contributed by atoms with Gasteiger partial charge in [-0.25, -0.2) is 0 Å². The highest BCUT2D eigenvalue weighted by atomic mass is 28.3. The van der Waals surface area contributed by atoms with Crippen LogP contribution in [0.15, 0.2) is 60.7 Å². The van der Waals surface area contributed by atoms with Crippen LogP contribution < -0.4 is 10.4 Å². The molecule has 0 radical (unpaired) electrons. The molecule has 0 unspecified atom stereocenters. The smallest absolute Gasteiger partial charge is 0.307 e. The summed E-state index contributed by atoms with van der Waals surface area (Å²) in [5.74, 6) is -0.322. The molecule has 1 saturated heterocycles. The first kappa shape index (κ1) is 16.0. The van der Waals surface area contributed by atoms with Crippen molar-refractivity contribution in [3.63, 3.8) is 0 Å². The summed E-state index contributed by atoms with van der Waals surface area (Å²) < 4.78 is 5.36. The predicted molar refractivity (Wildman–Crippen MR) is 93.6 cm³/mol. The van der Waals surface area contributed by atoms with Gasteiger partial charge in [-0.15, -0.1) is 0 Å². The van der Waals surface area contributed by atoms with Crippen LogP contribution in [0, 0.1) is 5.92 Å². The average molecular weight is 326 g/mol. The maximum absolute atomic E-state index is 12.6. The second kappa shape index (κ2) is 6.30. The standard InChI is InChI=1S/C19H22O3Si/c1-14(20)17-13-22-19(21)18(17)23(2,15-9-5-3-6-10-15)16-11-7-4-8-12-16/h3-12,14,17-18,20H,13H2,1-2H3/t14-,17-,18+/m0/s1. The fourth-order valence-electron chi connectivity index (χ4n) is 3.72. The van der Waals surface area contributed by atoms with Crippen LogP contribution in [0.2, 0.25) is 12.1 Å². The van der Waals surface area contributed by atoms with Crippen molar-refractivity contribution in [2.45, 2.75) is 25.1 Å². The fourth-order valence-corrected chi connectivity index (χ4v) is 8.32. The van der Waals surface area contributed by atoms with Crippen LogP contribution in [0.25, 0.3) is 0 Å². The number of hydrogen-bond acceptors (Lipinski definition) is 3. The molecule has 1 aliphatic heterocycles. The molecule has 1 N–H and O–H groups in total. The van der Waals surface area contributed by atoms with Gasteiger partial charge in [0, 0.05) is 5.92 Å². The number of carbonyl (C=O) groups excluding carboxylic acids is 1. The minimum absolute atomic E-state index is 0.153. The van der Waals surface area contributed by atoms with Gasteiger partial charge in [0.25, 0.3) is 0 Å². The molecule has 0 amide bonds. The number of benzene rings is 2. The highest BCUT2D eigenvalue weighted by Gasteiger charge is 2.53. The van der Waals surface area contributed by atoms with Gasteiger partial charge >= 0.3 is 5.97 Å². The summed E-state index contributed by atoms with van der Waals surface area (Å²) in [4.78, 5) is 12.6. The van der Waals surface area contributed by atoms with E-state index in [1.54, 1.807) is 6.92 Å². The molecule has 4 heteroatoms. The molecule has 2 aromatic rings. The number of aliphatic hydroxyl groups is 1. The summed E-state index contributed by atoms with van der Waals surface area (Å²) in [5, 5.41) is 12.6. The van der Waals surface area contributed by atoms with Gasteiger partial charge in [-0.2, -0.15) is 0 Å². The second-order valence-corrected chi connectivity index (χ2v) is 10.6. The van der Waals surface area contributed by atoms with Crippen molar-refractivity contribution in [3.8, 4) is 0 Å². The van der Waals surface area contributed by atoms with Crippen molar-refractivity contribution in [3.05, 3.63) is 60.7 Å². The van der Waals surface area contributed by atoms with Crippen LogP contribution >= 0.6 is 0 Å². The minimum Gasteiger partial charge on any atom is -0.465 e. The molecule has 3 atom stereocenters. The number of carbonyl (C=O) groups is 1. The van der Waals surface area contributed by atoms with Crippen LogP contribution in [-0.4, -0.2) is 31.9 Å². The Kier molecular flexibility index (Phi) is 4.37. The van der Waals surface area contributed by atoms with E-state index in [4.69, 9.17) is 4.74 Å². The summed E-state index contributed by atoms with van der Waals surface area (Å²) in [5.41, 5.74) is -0.271. The van der Waals surface area contributed by atoms with Crippen molar-refractivity contribution in [1.82, 2.24) is 0 Å². The van der Waals surface area contributed by atoms with Crippen LogP contribution in [0.1, 0.15) is 6.92 Å². The van der Waals surface area contributed by atoms with Gasteiger partial charge in [0.15, 0.2) is 0 Å². The summed E-state index contributed by atoms with van der Waals surface area (Å²) in [7, 11) is -2.39. The average Bonchev–Trinajstić information content (AvgIpc) is 2.98. The highest BCUT2D eigenvalue weighted by molar-refractivity contribution is 7.04. The Hall–Kier alpha value is -1.91. The molecule has 0 aliphatic carbocycles. The number of aliphatic hydroxyl groups excluding tert-OH is 1. The third-order valence-electron chi connectivity index (χ3n) is 5.09. The van der Waals surface area contributed by atoms with E-state index in [9.17, 15) is 9.90 Å². The molecule has 0 saturated carbocycles. The molecular weight excluding hydrogens is 304 g/mol. The lowest BCUT2D eigenvalue weighted by Crippen LogP contribution is -2.62. The number of hydrogen-bond donors (Lipinski definition) is 1. The van der Waals surface area contributed by atoms with Gasteiger partial charge < -0.3 is 9.84 Å². The van der Waals surface area contributed by atoms with E-state index in [2.05, 4.69) is 30.8 Å². The zero-order chi connectivity index (χ0) is 16.4. The van der Waals surface area contributed by atoms with Crippen molar-refractivity contribution < 1.29 is 14.6 Å². The molecule has 3 rings (SSSR count). The quantitative estimate of drug-likeness (QED) is 0.688. The van der Waals surface area contributed by atoms with Crippen molar-refractivity contribution in [1.29, 1.82) is 0 Å². The van der Waals surface area contributed by atoms with Gasteiger partial charge in [-0.1, -0.05) is 77.6 Å². The molecule has 0 spiro atoms. The van der Waals surface area contributed by atoms with Crippen LogP contribution in [0.3, 0.4) is 0 Å². The van der Waals surface area contributed by atoms with Gasteiger partial charge in [0.05, 0.1) is 18.3 Å². The van der Waals surface area contributed by atoms with Gasteiger partial charge in [-0.3, -0.25) is 4.79 Å². The Balaban J connectivity index is 2.18. The van der Waals surface area contributed by atoms with Gasteiger partial charge in [0.1, 0.15) is 8.07 Å². The first-order chi connectivity index (χ1) is 11.0. The molecule has 1 heterocycles. The lowest BCUT2D eigenvalue weighted by molar-refractivity contribution is -0.138. The monoisotopic (exact) mass is 326 g/mol. The maximum Gasteiger partial charge on any atom is 0.307 e. The molecular formula is C19H22O3Si. The lowest BCUT2D eigenvalue weighted by Gasteiger charge is -2.36. The van der Waals surface area contributed by atoms with Crippen molar-refractivity contribution >= 4 is 24.4 Å². The largest absolute Gasteiger partial charge is 0.465 e. The van der Waals surface area contributed by atoms with Gasteiger partial charge in [0.2, 0.25) is 0 Å². The van der Waals surface area contributed by atoms with Crippen LogP contribution in [-0.2, 0) is 9.53 Å². The third kappa shape index (κ3) is 2.73. The summed E-state index contributed by atoms with van der Waals surface area (Å²) in [6, 6.07) is 20.4. The highest BCUT2D eigenvalue weighted by Crippen LogP contribution is 2.38.